The van der Waals surface area contributed by atoms with Crippen LogP contribution in [0.2, 0.25) is 0 Å². The summed E-state index contributed by atoms with van der Waals surface area (Å²) >= 11 is 6.51. The molecule has 3 aliphatic rings. The van der Waals surface area contributed by atoms with Gasteiger partial charge in [0.25, 0.3) is 11.8 Å². The van der Waals surface area contributed by atoms with Crippen LogP contribution in [-0.4, -0.2) is 72.1 Å². The fourth-order valence-corrected chi connectivity index (χ4v) is 5.25. The molecule has 1 saturated heterocycles. The molecule has 3 amide bonds. The lowest BCUT2D eigenvalue weighted by Crippen LogP contribution is -2.62. The number of hydrogen-bond acceptors (Lipinski definition) is 4. The average molecular weight is 544 g/mol. The first-order chi connectivity index (χ1) is 17.5. The van der Waals surface area contributed by atoms with E-state index in [1.165, 1.54) is 12.1 Å². The highest BCUT2D eigenvalue weighted by Gasteiger charge is 2.50. The Morgan fingerprint density at radius 1 is 1.22 bits per heavy atom. The maximum absolute atomic E-state index is 14.4. The van der Waals surface area contributed by atoms with E-state index in [-0.39, 0.29) is 12.1 Å². The maximum atomic E-state index is 14.4. The van der Waals surface area contributed by atoms with Gasteiger partial charge in [-0.3, -0.25) is 19.4 Å². The molecule has 1 aliphatic heterocycles. The predicted octanol–water partition coefficient (Wildman–Crippen LogP) is 3.97. The molecule has 1 aromatic rings. The van der Waals surface area contributed by atoms with Crippen molar-refractivity contribution in [1.82, 2.24) is 10.2 Å². The Balaban J connectivity index is 1.76. The van der Waals surface area contributed by atoms with Gasteiger partial charge in [0.15, 0.2) is 0 Å². The van der Waals surface area contributed by atoms with E-state index in [1.807, 2.05) is 0 Å². The number of ether oxygens (including phenoxy) is 1. The summed E-state index contributed by atoms with van der Waals surface area (Å²) in [7, 11) is 1.08. The lowest BCUT2D eigenvalue weighted by Gasteiger charge is -2.41. The van der Waals surface area contributed by atoms with Gasteiger partial charge in [0, 0.05) is 36.9 Å². The van der Waals surface area contributed by atoms with E-state index < -0.39 is 84.6 Å². The zero-order valence-electron chi connectivity index (χ0n) is 19.8. The van der Waals surface area contributed by atoms with Gasteiger partial charge in [-0.05, 0) is 18.2 Å². The Labute approximate surface area is 216 Å². The number of likely N-dealkylation sites (tertiary alicyclic amines) is 1. The van der Waals surface area contributed by atoms with Crippen molar-refractivity contribution in [2.45, 2.75) is 54.9 Å². The SMILES string of the molecule is COC(=O)N1CC(F)CC1C(=O)N(c1cccc(F)c1)C(C(=O)NC1CC(F)(F)C1)C1C=CC=CC1Cl. The molecule has 5 unspecified atom stereocenters. The Bertz CT molecular complexity index is 1110. The molecular formula is C25H26ClF4N3O4. The minimum atomic E-state index is -2.91. The molecule has 2 fully saturated rings. The van der Waals surface area contributed by atoms with Crippen LogP contribution in [0, 0.1) is 11.7 Å². The number of anilines is 1. The van der Waals surface area contributed by atoms with Crippen molar-refractivity contribution >= 4 is 35.2 Å². The van der Waals surface area contributed by atoms with Gasteiger partial charge in [-0.25, -0.2) is 22.4 Å². The molecule has 2 aliphatic carbocycles. The predicted molar refractivity (Wildman–Crippen MR) is 128 cm³/mol. The third kappa shape index (κ3) is 5.76. The van der Waals surface area contributed by atoms with Crippen molar-refractivity contribution in [3.05, 3.63) is 54.4 Å². The molecule has 37 heavy (non-hydrogen) atoms. The number of nitrogens with one attached hydrogen (secondary N) is 1. The molecule has 0 aromatic heterocycles. The van der Waals surface area contributed by atoms with Gasteiger partial charge in [-0.2, -0.15) is 0 Å². The molecule has 5 atom stereocenters. The highest BCUT2D eigenvalue weighted by atomic mass is 35.5. The van der Waals surface area contributed by atoms with E-state index in [1.54, 1.807) is 24.3 Å². The van der Waals surface area contributed by atoms with Crippen LogP contribution in [-0.2, 0) is 14.3 Å². The van der Waals surface area contributed by atoms with E-state index in [9.17, 15) is 31.9 Å². The number of nitrogens with zero attached hydrogens (tertiary/aromatic N) is 2. The number of hydrogen-bond donors (Lipinski definition) is 1. The number of halogens is 5. The van der Waals surface area contributed by atoms with Crippen molar-refractivity contribution in [3.63, 3.8) is 0 Å². The van der Waals surface area contributed by atoms with Crippen molar-refractivity contribution in [3.8, 4) is 0 Å². The molecule has 0 bridgehead atoms. The number of carbonyl (C=O) groups excluding carboxylic acids is 3. The quantitative estimate of drug-likeness (QED) is 0.435. The van der Waals surface area contributed by atoms with Crippen LogP contribution in [0.4, 0.5) is 28.0 Å². The summed E-state index contributed by atoms with van der Waals surface area (Å²) in [4.78, 5) is 41.8. The lowest BCUT2D eigenvalue weighted by atomic mass is 9.86. The smallest absolute Gasteiger partial charge is 0.410 e. The molecule has 0 radical (unpaired) electrons. The minimum absolute atomic E-state index is 0.0389. The van der Waals surface area contributed by atoms with E-state index in [0.717, 1.165) is 29.0 Å². The third-order valence-electron chi connectivity index (χ3n) is 6.72. The van der Waals surface area contributed by atoms with Gasteiger partial charge < -0.3 is 10.1 Å². The van der Waals surface area contributed by atoms with E-state index >= 15 is 0 Å². The molecule has 200 valence electrons. The number of allylic oxidation sites excluding steroid dienone is 3. The normalized spacial score (nSPS) is 27.4. The van der Waals surface area contributed by atoms with Crippen molar-refractivity contribution in [2.75, 3.05) is 18.6 Å². The van der Waals surface area contributed by atoms with Crippen LogP contribution < -0.4 is 10.2 Å². The second-order valence-corrected chi connectivity index (χ2v) is 9.87. The number of carbonyl (C=O) groups is 3. The van der Waals surface area contributed by atoms with Gasteiger partial charge in [-0.1, -0.05) is 30.4 Å². The Hall–Kier alpha value is -3.08. The first-order valence-electron chi connectivity index (χ1n) is 11.8. The van der Waals surface area contributed by atoms with Crippen LogP contribution in [0.1, 0.15) is 19.3 Å². The summed E-state index contributed by atoms with van der Waals surface area (Å²) in [6, 6.07) is 1.25. The largest absolute Gasteiger partial charge is 0.453 e. The van der Waals surface area contributed by atoms with E-state index in [0.29, 0.717) is 0 Å². The van der Waals surface area contributed by atoms with E-state index in [2.05, 4.69) is 5.32 Å². The van der Waals surface area contributed by atoms with Crippen LogP contribution in [0.5, 0.6) is 0 Å². The zero-order chi connectivity index (χ0) is 26.9. The molecule has 1 saturated carbocycles. The van der Waals surface area contributed by atoms with Crippen LogP contribution in [0.3, 0.4) is 0 Å². The molecular weight excluding hydrogens is 518 g/mol. The molecule has 1 aromatic carbocycles. The molecule has 4 rings (SSSR count). The van der Waals surface area contributed by atoms with E-state index in [4.69, 9.17) is 16.3 Å². The number of benzene rings is 1. The van der Waals surface area contributed by atoms with Crippen molar-refractivity contribution < 1.29 is 36.7 Å². The number of amides is 3. The highest BCUT2D eigenvalue weighted by Crippen LogP contribution is 2.38. The van der Waals surface area contributed by atoms with Crippen LogP contribution in [0.15, 0.2) is 48.6 Å². The molecule has 7 nitrogen and oxygen atoms in total. The topological polar surface area (TPSA) is 79.0 Å². The van der Waals surface area contributed by atoms with Gasteiger partial charge >= 0.3 is 6.09 Å². The molecule has 1 N–H and O–H groups in total. The summed E-state index contributed by atoms with van der Waals surface area (Å²) in [5.74, 6) is -6.12. The average Bonchev–Trinajstić information content (AvgIpc) is 3.22. The fourth-order valence-electron chi connectivity index (χ4n) is 4.94. The first kappa shape index (κ1) is 27.0. The third-order valence-corrected chi connectivity index (χ3v) is 7.16. The van der Waals surface area contributed by atoms with Crippen LogP contribution >= 0.6 is 11.6 Å². The van der Waals surface area contributed by atoms with Gasteiger partial charge in [-0.15, -0.1) is 11.6 Å². The molecule has 1 heterocycles. The summed E-state index contributed by atoms with van der Waals surface area (Å²) in [6.45, 7) is -0.404. The molecule has 0 spiro atoms. The second-order valence-electron chi connectivity index (χ2n) is 9.37. The lowest BCUT2D eigenvalue weighted by molar-refractivity contribution is -0.134. The molecule has 12 heteroatoms. The first-order valence-corrected chi connectivity index (χ1v) is 12.2. The van der Waals surface area contributed by atoms with Crippen molar-refractivity contribution in [1.29, 1.82) is 0 Å². The zero-order valence-corrected chi connectivity index (χ0v) is 20.6. The number of methoxy groups -OCH3 is 1. The Morgan fingerprint density at radius 3 is 2.54 bits per heavy atom. The minimum Gasteiger partial charge on any atom is -0.453 e. The van der Waals surface area contributed by atoms with Gasteiger partial charge in [0.1, 0.15) is 24.1 Å². The fraction of sp³-hybridized carbons (Fsp3) is 0.480. The summed E-state index contributed by atoms with van der Waals surface area (Å²) in [6.07, 6.45) is 2.47. The van der Waals surface area contributed by atoms with Gasteiger partial charge in [0.05, 0.1) is 19.0 Å². The Kier molecular flexibility index (Phi) is 7.82. The van der Waals surface area contributed by atoms with Crippen LogP contribution in [0.25, 0.3) is 0 Å². The van der Waals surface area contributed by atoms with Crippen molar-refractivity contribution in [2.24, 2.45) is 5.92 Å². The summed E-state index contributed by atoms with van der Waals surface area (Å²) < 4.78 is 60.4. The van der Waals surface area contributed by atoms with Gasteiger partial charge in [0.2, 0.25) is 5.91 Å². The summed E-state index contributed by atoms with van der Waals surface area (Å²) in [5.41, 5.74) is -0.0389. The Morgan fingerprint density at radius 2 is 1.92 bits per heavy atom. The second kappa shape index (κ2) is 10.7. The monoisotopic (exact) mass is 543 g/mol. The number of alkyl halides is 4. The standard InChI is InChI=1S/C25H26ClF4N3O4/c1-37-24(36)32-13-15(28)10-20(32)23(35)33(17-6-4-5-14(27)9-17)21(18-7-2-3-8-19(18)26)22(34)31-16-11-25(29,30)12-16/h2-9,15-16,18-21H,10-13H2,1H3,(H,31,34). The highest BCUT2D eigenvalue weighted by molar-refractivity contribution is 6.22. The summed E-state index contributed by atoms with van der Waals surface area (Å²) in [5, 5.41) is 1.76. The number of rotatable bonds is 6. The maximum Gasteiger partial charge on any atom is 0.410 e.